The van der Waals surface area contributed by atoms with Gasteiger partial charge in [-0.25, -0.2) is 13.1 Å². The van der Waals surface area contributed by atoms with E-state index in [1.54, 1.807) is 18.2 Å². The molecule has 0 aliphatic carbocycles. The molecule has 0 saturated carbocycles. The van der Waals surface area contributed by atoms with Gasteiger partial charge in [0, 0.05) is 36.7 Å². The van der Waals surface area contributed by atoms with Crippen molar-refractivity contribution in [3.8, 4) is 11.5 Å². The molecule has 0 bridgehead atoms. The molecule has 2 aromatic rings. The van der Waals surface area contributed by atoms with E-state index in [2.05, 4.69) is 10.0 Å². The smallest absolute Gasteiger partial charge is 0.248 e. The maximum Gasteiger partial charge on any atom is 0.248 e. The zero-order chi connectivity index (χ0) is 21.6. The molecule has 160 valence electrons. The Hall–Kier alpha value is -3.11. The van der Waals surface area contributed by atoms with Crippen LogP contribution < -0.4 is 25.2 Å². The summed E-state index contributed by atoms with van der Waals surface area (Å²) in [5, 5.41) is 2.68. The number of amides is 2. The van der Waals surface area contributed by atoms with Crippen LogP contribution in [0.5, 0.6) is 11.5 Å². The van der Waals surface area contributed by atoms with E-state index in [0.29, 0.717) is 42.4 Å². The number of primary amides is 1. The van der Waals surface area contributed by atoms with Crippen molar-refractivity contribution < 1.29 is 27.5 Å². The lowest BCUT2D eigenvalue weighted by Crippen LogP contribution is -2.25. The van der Waals surface area contributed by atoms with Crippen molar-refractivity contribution in [2.75, 3.05) is 25.1 Å². The predicted octanol–water partition coefficient (Wildman–Crippen LogP) is 1.64. The fraction of sp³-hybridized carbons (Fsp3) is 0.300. The maximum absolute atomic E-state index is 12.5. The Morgan fingerprint density at radius 1 is 1.00 bits per heavy atom. The third kappa shape index (κ3) is 5.71. The van der Waals surface area contributed by atoms with E-state index in [1.807, 2.05) is 0 Å². The zero-order valence-corrected chi connectivity index (χ0v) is 17.0. The van der Waals surface area contributed by atoms with Crippen molar-refractivity contribution in [1.29, 1.82) is 0 Å². The Balaban J connectivity index is 1.48. The topological polar surface area (TPSA) is 137 Å². The van der Waals surface area contributed by atoms with Crippen LogP contribution in [0.1, 0.15) is 29.6 Å². The minimum atomic E-state index is -3.74. The molecule has 1 aliphatic heterocycles. The Labute approximate surface area is 174 Å². The van der Waals surface area contributed by atoms with E-state index >= 15 is 0 Å². The Morgan fingerprint density at radius 2 is 1.70 bits per heavy atom. The van der Waals surface area contributed by atoms with E-state index < -0.39 is 15.9 Å². The quantitative estimate of drug-likeness (QED) is 0.541. The molecule has 0 aromatic heterocycles. The molecule has 2 aromatic carbocycles. The van der Waals surface area contributed by atoms with Crippen molar-refractivity contribution in [1.82, 2.24) is 4.72 Å². The van der Waals surface area contributed by atoms with Gasteiger partial charge in [-0.15, -0.1) is 0 Å². The molecular weight excluding hydrogens is 410 g/mol. The molecule has 1 heterocycles. The van der Waals surface area contributed by atoms with Crippen molar-refractivity contribution in [3.63, 3.8) is 0 Å². The number of sulfonamides is 1. The molecule has 0 radical (unpaired) electrons. The molecule has 9 nitrogen and oxygen atoms in total. The Morgan fingerprint density at radius 3 is 2.40 bits per heavy atom. The molecule has 0 fully saturated rings. The monoisotopic (exact) mass is 433 g/mol. The summed E-state index contributed by atoms with van der Waals surface area (Å²) in [5.41, 5.74) is 6.04. The highest BCUT2D eigenvalue weighted by Crippen LogP contribution is 2.31. The van der Waals surface area contributed by atoms with E-state index in [0.717, 1.165) is 6.42 Å². The highest BCUT2D eigenvalue weighted by molar-refractivity contribution is 7.89. The maximum atomic E-state index is 12.5. The fourth-order valence-corrected chi connectivity index (χ4v) is 3.88. The second kappa shape index (κ2) is 9.59. The van der Waals surface area contributed by atoms with Crippen molar-refractivity contribution in [2.24, 2.45) is 5.73 Å². The molecule has 0 atom stereocenters. The largest absolute Gasteiger partial charge is 0.490 e. The summed E-state index contributed by atoms with van der Waals surface area (Å²) < 4.78 is 38.5. The molecular formula is C20H23N3O6S. The van der Waals surface area contributed by atoms with Crippen molar-refractivity contribution in [2.45, 2.75) is 24.2 Å². The zero-order valence-electron chi connectivity index (χ0n) is 16.2. The first kappa shape index (κ1) is 21.6. The lowest BCUT2D eigenvalue weighted by molar-refractivity contribution is -0.116. The van der Waals surface area contributed by atoms with Gasteiger partial charge in [0.15, 0.2) is 11.5 Å². The number of benzene rings is 2. The highest BCUT2D eigenvalue weighted by Gasteiger charge is 2.18. The van der Waals surface area contributed by atoms with Gasteiger partial charge in [-0.2, -0.15) is 0 Å². The standard InChI is InChI=1S/C20H23N3O6S/c21-20(25)14-4-6-15(7-5-14)23-19(24)3-1-10-22-30(26,27)16-8-9-17-18(13-16)29-12-2-11-28-17/h4-9,13,22H,1-3,10-12H2,(H2,21,25)(H,23,24). The molecule has 4 N–H and O–H groups in total. The van der Waals surface area contributed by atoms with Crippen LogP contribution in [0.15, 0.2) is 47.4 Å². The molecule has 3 rings (SSSR count). The van der Waals surface area contributed by atoms with Crippen LogP contribution in [0.2, 0.25) is 0 Å². The summed E-state index contributed by atoms with van der Waals surface area (Å²) in [6, 6.07) is 10.6. The lowest BCUT2D eigenvalue weighted by Gasteiger charge is -2.11. The van der Waals surface area contributed by atoms with Gasteiger partial charge in [-0.1, -0.05) is 0 Å². The van der Waals surface area contributed by atoms with E-state index in [9.17, 15) is 18.0 Å². The number of hydrogen-bond donors (Lipinski definition) is 3. The fourth-order valence-electron chi connectivity index (χ4n) is 2.79. The number of ether oxygens (including phenoxy) is 2. The first-order chi connectivity index (χ1) is 14.3. The number of hydrogen-bond acceptors (Lipinski definition) is 6. The van der Waals surface area contributed by atoms with E-state index in [-0.39, 0.29) is 23.8 Å². The first-order valence-corrected chi connectivity index (χ1v) is 10.9. The van der Waals surface area contributed by atoms with Crippen molar-refractivity contribution in [3.05, 3.63) is 48.0 Å². The summed E-state index contributed by atoms with van der Waals surface area (Å²) in [7, 11) is -3.74. The second-order valence-corrected chi connectivity index (χ2v) is 8.42. The van der Waals surface area contributed by atoms with Crippen molar-refractivity contribution >= 4 is 27.5 Å². The van der Waals surface area contributed by atoms with Crippen LogP contribution >= 0.6 is 0 Å². The van der Waals surface area contributed by atoms with Gasteiger partial charge in [0.25, 0.3) is 0 Å². The normalized spacial score (nSPS) is 13.3. The number of rotatable bonds is 8. The number of carbonyl (C=O) groups is 2. The third-order valence-electron chi connectivity index (χ3n) is 4.36. The first-order valence-electron chi connectivity index (χ1n) is 9.44. The van der Waals surface area contributed by atoms with Gasteiger partial charge in [0.1, 0.15) is 0 Å². The number of anilines is 1. The van der Waals surface area contributed by atoms with E-state index in [1.165, 1.54) is 24.3 Å². The summed E-state index contributed by atoms with van der Waals surface area (Å²) in [4.78, 5) is 23.1. The van der Waals surface area contributed by atoms with Crippen LogP contribution in [0.4, 0.5) is 5.69 Å². The predicted molar refractivity (Wildman–Crippen MR) is 110 cm³/mol. The molecule has 0 spiro atoms. The minimum Gasteiger partial charge on any atom is -0.490 e. The summed E-state index contributed by atoms with van der Waals surface area (Å²) in [5.74, 6) is 0.106. The average Bonchev–Trinajstić information content (AvgIpc) is 2.96. The molecule has 10 heteroatoms. The molecule has 1 aliphatic rings. The number of nitrogens with two attached hydrogens (primary N) is 1. The second-order valence-electron chi connectivity index (χ2n) is 6.65. The summed E-state index contributed by atoms with van der Waals surface area (Å²) >= 11 is 0. The SMILES string of the molecule is NC(=O)c1ccc(NC(=O)CCCNS(=O)(=O)c2ccc3c(c2)OCCCO3)cc1. The lowest BCUT2D eigenvalue weighted by atomic mass is 10.2. The van der Waals surface area contributed by atoms with Gasteiger partial charge in [0.05, 0.1) is 18.1 Å². The highest BCUT2D eigenvalue weighted by atomic mass is 32.2. The Bertz CT molecular complexity index is 1020. The van der Waals surface area contributed by atoms with Gasteiger partial charge in [0.2, 0.25) is 21.8 Å². The molecule has 2 amide bonds. The third-order valence-corrected chi connectivity index (χ3v) is 5.81. The Kier molecular flexibility index (Phi) is 6.91. The molecule has 0 saturated heterocycles. The molecule has 30 heavy (non-hydrogen) atoms. The van der Waals surface area contributed by atoms with Crippen LogP contribution in [0.3, 0.4) is 0 Å². The minimum absolute atomic E-state index is 0.0748. The van der Waals surface area contributed by atoms with Gasteiger partial charge < -0.3 is 20.5 Å². The number of carbonyl (C=O) groups excluding carboxylic acids is 2. The van der Waals surface area contributed by atoms with Gasteiger partial charge >= 0.3 is 0 Å². The van der Waals surface area contributed by atoms with Gasteiger partial charge in [-0.05, 0) is 42.8 Å². The van der Waals surface area contributed by atoms with Crippen LogP contribution in [0, 0.1) is 0 Å². The average molecular weight is 433 g/mol. The van der Waals surface area contributed by atoms with Crippen LogP contribution in [0.25, 0.3) is 0 Å². The van der Waals surface area contributed by atoms with Crippen LogP contribution in [-0.2, 0) is 14.8 Å². The van der Waals surface area contributed by atoms with Crippen LogP contribution in [-0.4, -0.2) is 40.0 Å². The number of fused-ring (bicyclic) bond motifs is 1. The summed E-state index contributed by atoms with van der Waals surface area (Å²) in [6.45, 7) is 1.09. The molecule has 0 unspecified atom stereocenters. The van der Waals surface area contributed by atoms with Gasteiger partial charge in [-0.3, -0.25) is 9.59 Å². The summed E-state index contributed by atoms with van der Waals surface area (Å²) in [6.07, 6.45) is 1.17. The number of nitrogens with one attached hydrogen (secondary N) is 2. The van der Waals surface area contributed by atoms with E-state index in [4.69, 9.17) is 15.2 Å².